The highest BCUT2D eigenvalue weighted by atomic mass is 19.1. The molecule has 0 saturated heterocycles. The summed E-state index contributed by atoms with van der Waals surface area (Å²) in [6, 6.07) is 9.64. The number of anilines is 1. The average molecular weight is 379 g/mol. The van der Waals surface area contributed by atoms with Crippen LogP contribution in [0, 0.1) is 12.8 Å². The van der Waals surface area contributed by atoms with Crippen molar-refractivity contribution < 1.29 is 14.3 Å². The molecule has 4 rings (SSSR count). The van der Waals surface area contributed by atoms with Crippen molar-refractivity contribution in [3.63, 3.8) is 0 Å². The highest BCUT2D eigenvalue weighted by Crippen LogP contribution is 2.35. The average Bonchev–Trinajstić information content (AvgIpc) is 3.37. The summed E-state index contributed by atoms with van der Waals surface area (Å²) in [5, 5.41) is 14.7. The van der Waals surface area contributed by atoms with Gasteiger partial charge in [0.2, 0.25) is 5.91 Å². The molecule has 1 aromatic carbocycles. The molecule has 1 amide bonds. The van der Waals surface area contributed by atoms with E-state index in [2.05, 4.69) is 15.3 Å². The normalized spacial score (nSPS) is 18.9. The molecule has 0 unspecified atom stereocenters. The van der Waals surface area contributed by atoms with E-state index in [9.17, 15) is 14.3 Å². The Balaban J connectivity index is 1.61. The van der Waals surface area contributed by atoms with Gasteiger partial charge in [-0.3, -0.25) is 9.78 Å². The quantitative estimate of drug-likeness (QED) is 0.715. The summed E-state index contributed by atoms with van der Waals surface area (Å²) >= 11 is 0. The number of carbonyl (C=O) groups is 1. The number of carbonyl (C=O) groups excluding carboxylic acids is 1. The molecule has 28 heavy (non-hydrogen) atoms. The number of pyridine rings is 2. The molecule has 5 nitrogen and oxygen atoms in total. The SMILES string of the molecule is Cc1cc(C(C)(C)O)ncc1-c1ccc2cc(NC(=O)[C@@H]3C[C@@H]3F)ncc2c1. The number of nitrogens with zero attached hydrogens (tertiary/aromatic N) is 2. The molecule has 0 radical (unpaired) electrons. The lowest BCUT2D eigenvalue weighted by Crippen LogP contribution is -2.17. The zero-order valence-corrected chi connectivity index (χ0v) is 16.0. The Morgan fingerprint density at radius 3 is 2.57 bits per heavy atom. The predicted molar refractivity (Wildman–Crippen MR) is 107 cm³/mol. The van der Waals surface area contributed by atoms with Crippen LogP contribution in [0.4, 0.5) is 10.2 Å². The van der Waals surface area contributed by atoms with E-state index in [4.69, 9.17) is 0 Å². The van der Waals surface area contributed by atoms with Crippen LogP contribution in [-0.2, 0) is 10.4 Å². The van der Waals surface area contributed by atoms with Gasteiger partial charge < -0.3 is 10.4 Å². The molecule has 2 heterocycles. The number of fused-ring (bicyclic) bond motifs is 1. The summed E-state index contributed by atoms with van der Waals surface area (Å²) in [5.74, 6) is -0.427. The molecule has 1 aliphatic carbocycles. The van der Waals surface area contributed by atoms with Gasteiger partial charge in [-0.15, -0.1) is 0 Å². The molecule has 2 atom stereocenters. The minimum absolute atomic E-state index is 0.294. The van der Waals surface area contributed by atoms with Crippen molar-refractivity contribution in [1.82, 2.24) is 9.97 Å². The highest BCUT2D eigenvalue weighted by Gasteiger charge is 2.43. The number of aliphatic hydroxyl groups is 1. The van der Waals surface area contributed by atoms with E-state index in [1.807, 2.05) is 31.2 Å². The van der Waals surface area contributed by atoms with Crippen molar-refractivity contribution in [3.05, 3.63) is 54.0 Å². The molecule has 0 bridgehead atoms. The van der Waals surface area contributed by atoms with Gasteiger partial charge >= 0.3 is 0 Å². The molecule has 1 saturated carbocycles. The third-order valence-electron chi connectivity index (χ3n) is 5.07. The summed E-state index contributed by atoms with van der Waals surface area (Å²) in [7, 11) is 0. The van der Waals surface area contributed by atoms with Crippen LogP contribution in [0.3, 0.4) is 0 Å². The maximum Gasteiger partial charge on any atom is 0.231 e. The number of hydrogen-bond donors (Lipinski definition) is 2. The first-order valence-electron chi connectivity index (χ1n) is 9.27. The molecule has 1 aliphatic rings. The summed E-state index contributed by atoms with van der Waals surface area (Å²) in [5.41, 5.74) is 2.64. The predicted octanol–water partition coefficient (Wildman–Crippen LogP) is 4.13. The Morgan fingerprint density at radius 2 is 1.93 bits per heavy atom. The number of nitrogens with one attached hydrogen (secondary N) is 1. The van der Waals surface area contributed by atoms with Gasteiger partial charge in [-0.25, -0.2) is 9.37 Å². The van der Waals surface area contributed by atoms with Gasteiger partial charge in [0.1, 0.15) is 17.6 Å². The Kier molecular flexibility index (Phi) is 4.38. The van der Waals surface area contributed by atoms with Gasteiger partial charge in [0.25, 0.3) is 0 Å². The van der Waals surface area contributed by atoms with Crippen molar-refractivity contribution in [2.24, 2.45) is 5.92 Å². The molecule has 2 aromatic heterocycles. The van der Waals surface area contributed by atoms with E-state index in [-0.39, 0.29) is 5.91 Å². The van der Waals surface area contributed by atoms with Crippen LogP contribution in [0.15, 0.2) is 42.7 Å². The topological polar surface area (TPSA) is 75.1 Å². The van der Waals surface area contributed by atoms with Gasteiger partial charge in [-0.2, -0.15) is 0 Å². The zero-order valence-electron chi connectivity index (χ0n) is 16.0. The lowest BCUT2D eigenvalue weighted by atomic mass is 9.96. The fourth-order valence-corrected chi connectivity index (χ4v) is 3.22. The fraction of sp³-hybridized carbons (Fsp3) is 0.318. The summed E-state index contributed by atoms with van der Waals surface area (Å²) in [6.07, 6.45) is 2.74. The molecular formula is C22H22FN3O2. The van der Waals surface area contributed by atoms with Crippen LogP contribution in [0.1, 0.15) is 31.5 Å². The number of halogens is 1. The van der Waals surface area contributed by atoms with Gasteiger partial charge in [0, 0.05) is 23.3 Å². The highest BCUT2D eigenvalue weighted by molar-refractivity contribution is 5.96. The molecule has 2 N–H and O–H groups in total. The van der Waals surface area contributed by atoms with Crippen LogP contribution in [0.25, 0.3) is 21.9 Å². The Labute approximate surface area is 162 Å². The minimum Gasteiger partial charge on any atom is -0.384 e. The van der Waals surface area contributed by atoms with Gasteiger partial charge in [-0.05, 0) is 61.9 Å². The largest absolute Gasteiger partial charge is 0.384 e. The Morgan fingerprint density at radius 1 is 1.18 bits per heavy atom. The van der Waals surface area contributed by atoms with E-state index in [0.29, 0.717) is 17.9 Å². The monoisotopic (exact) mass is 379 g/mol. The van der Waals surface area contributed by atoms with Crippen LogP contribution in [0.2, 0.25) is 0 Å². The van der Waals surface area contributed by atoms with Crippen molar-refractivity contribution >= 4 is 22.5 Å². The van der Waals surface area contributed by atoms with E-state index < -0.39 is 17.7 Å². The molecule has 6 heteroatoms. The van der Waals surface area contributed by atoms with Gasteiger partial charge in [0.15, 0.2) is 0 Å². The van der Waals surface area contributed by atoms with Crippen molar-refractivity contribution in [3.8, 4) is 11.1 Å². The maximum atomic E-state index is 13.0. The molecule has 1 fully saturated rings. The second kappa shape index (κ2) is 6.63. The minimum atomic E-state index is -1.03. The number of benzene rings is 1. The smallest absolute Gasteiger partial charge is 0.231 e. The second-order valence-electron chi connectivity index (χ2n) is 7.92. The fourth-order valence-electron chi connectivity index (χ4n) is 3.22. The number of aromatic nitrogens is 2. The molecule has 0 spiro atoms. The van der Waals surface area contributed by atoms with Crippen molar-refractivity contribution in [2.75, 3.05) is 5.32 Å². The number of hydrogen-bond acceptors (Lipinski definition) is 4. The summed E-state index contributed by atoms with van der Waals surface area (Å²) < 4.78 is 13.0. The summed E-state index contributed by atoms with van der Waals surface area (Å²) in [4.78, 5) is 20.6. The van der Waals surface area contributed by atoms with E-state index >= 15 is 0 Å². The molecule has 3 aromatic rings. The van der Waals surface area contributed by atoms with E-state index in [1.165, 1.54) is 0 Å². The van der Waals surface area contributed by atoms with Gasteiger partial charge in [0.05, 0.1) is 11.6 Å². The van der Waals surface area contributed by atoms with Crippen LogP contribution in [0.5, 0.6) is 0 Å². The Hall–Kier alpha value is -2.86. The first-order valence-corrected chi connectivity index (χ1v) is 9.27. The van der Waals surface area contributed by atoms with Crippen molar-refractivity contribution in [2.45, 2.75) is 39.0 Å². The number of aryl methyl sites for hydroxylation is 1. The molecule has 0 aliphatic heterocycles. The Bertz CT molecular complexity index is 1080. The number of alkyl halides is 1. The molecule has 144 valence electrons. The zero-order chi connectivity index (χ0) is 20.1. The van der Waals surface area contributed by atoms with Crippen LogP contribution < -0.4 is 5.32 Å². The van der Waals surface area contributed by atoms with E-state index in [0.717, 1.165) is 27.5 Å². The lowest BCUT2D eigenvalue weighted by molar-refractivity contribution is -0.117. The van der Waals surface area contributed by atoms with Crippen LogP contribution in [-0.4, -0.2) is 27.2 Å². The third kappa shape index (κ3) is 3.60. The standard InChI is InChI=1S/C22H22FN3O2/c1-12-6-19(22(2,3)28)24-11-17(12)14-5-4-13-8-20(25-10-15(13)7-14)26-21(27)16-9-18(16)23/h4-8,10-11,16,18,28H,9H2,1-3H3,(H,25,26,27)/t16-,18+/m1/s1. The van der Waals surface area contributed by atoms with Crippen molar-refractivity contribution in [1.29, 1.82) is 0 Å². The maximum absolute atomic E-state index is 13.0. The number of rotatable bonds is 4. The summed E-state index contributed by atoms with van der Waals surface area (Å²) in [6.45, 7) is 5.41. The van der Waals surface area contributed by atoms with Crippen LogP contribution >= 0.6 is 0 Å². The molecular weight excluding hydrogens is 357 g/mol. The van der Waals surface area contributed by atoms with Gasteiger partial charge in [-0.1, -0.05) is 12.1 Å². The first-order chi connectivity index (χ1) is 13.2. The second-order valence-corrected chi connectivity index (χ2v) is 7.92. The first kappa shape index (κ1) is 18.5. The van der Waals surface area contributed by atoms with E-state index in [1.54, 1.807) is 32.3 Å². The number of amides is 1. The third-order valence-corrected chi connectivity index (χ3v) is 5.07. The lowest BCUT2D eigenvalue weighted by Gasteiger charge is -2.18.